The van der Waals surface area contributed by atoms with Gasteiger partial charge in [0.2, 0.25) is 5.79 Å². The quantitative estimate of drug-likeness (QED) is 0.796. The summed E-state index contributed by atoms with van der Waals surface area (Å²) in [5, 5.41) is 9.33. The van der Waals surface area contributed by atoms with Crippen molar-refractivity contribution in [2.45, 2.75) is 63.1 Å². The average Bonchev–Trinajstić information content (AvgIpc) is 2.64. The number of methoxy groups -OCH3 is 1. The van der Waals surface area contributed by atoms with Crippen LogP contribution in [-0.2, 0) is 19.2 Å². The first-order valence-corrected chi connectivity index (χ1v) is 7.33. The summed E-state index contributed by atoms with van der Waals surface area (Å²) in [6, 6.07) is 0. The van der Waals surface area contributed by atoms with Crippen molar-refractivity contribution in [1.82, 2.24) is 0 Å². The lowest BCUT2D eigenvalue weighted by Gasteiger charge is -2.53. The maximum absolute atomic E-state index is 9.33. The number of hydrogen-bond donors (Lipinski definition) is 1. The molecule has 0 aromatic carbocycles. The number of fused-ring (bicyclic) bond motifs is 3. The van der Waals surface area contributed by atoms with Crippen molar-refractivity contribution in [1.29, 1.82) is 0 Å². The smallest absolute Gasteiger partial charge is 0.201 e. The third kappa shape index (κ3) is 2.03. The van der Waals surface area contributed by atoms with E-state index in [1.54, 1.807) is 7.11 Å². The van der Waals surface area contributed by atoms with Gasteiger partial charge in [-0.05, 0) is 44.4 Å². The van der Waals surface area contributed by atoms with Gasteiger partial charge < -0.3 is 14.6 Å². The number of aliphatic hydroxyl groups excluding tert-OH is 1. The van der Waals surface area contributed by atoms with Crippen molar-refractivity contribution in [2.75, 3.05) is 13.7 Å². The molecule has 0 aromatic rings. The Morgan fingerprint density at radius 1 is 1.26 bits per heavy atom. The fourth-order valence-corrected chi connectivity index (χ4v) is 4.12. The SMILES string of the molecule is CO[C@H]1O[C@@]2(C)CC[C@H]3CCC[C@H](CCO)[C@]31OO2. The highest BCUT2D eigenvalue weighted by atomic mass is 17.3. The van der Waals surface area contributed by atoms with Gasteiger partial charge in [0.25, 0.3) is 0 Å². The van der Waals surface area contributed by atoms with E-state index in [0.29, 0.717) is 12.3 Å². The highest BCUT2D eigenvalue weighted by molar-refractivity contribution is 5.03. The maximum Gasteiger partial charge on any atom is 0.201 e. The molecule has 3 saturated heterocycles. The Morgan fingerprint density at radius 2 is 2.11 bits per heavy atom. The van der Waals surface area contributed by atoms with Gasteiger partial charge in [0.1, 0.15) is 0 Å². The highest BCUT2D eigenvalue weighted by Crippen LogP contribution is 2.55. The standard InChI is InChI=1S/C14H24O5/c1-13-8-6-10-4-3-5-11(7-9-15)14(10,19-18-13)12(16-2)17-13/h10-12,15H,3-9H2,1-2H3/t10-,11-,12+,13-,14-/m1/s1. The van der Waals surface area contributed by atoms with Crippen molar-refractivity contribution < 1.29 is 24.4 Å². The molecule has 2 bridgehead atoms. The monoisotopic (exact) mass is 272 g/mol. The van der Waals surface area contributed by atoms with E-state index >= 15 is 0 Å². The van der Waals surface area contributed by atoms with Crippen LogP contribution < -0.4 is 0 Å². The highest BCUT2D eigenvalue weighted by Gasteiger charge is 2.63. The molecule has 19 heavy (non-hydrogen) atoms. The lowest BCUT2D eigenvalue weighted by molar-refractivity contribution is -0.554. The number of hydrogen-bond acceptors (Lipinski definition) is 5. The lowest BCUT2D eigenvalue weighted by Crippen LogP contribution is -2.63. The third-order valence-corrected chi connectivity index (χ3v) is 5.11. The second-order valence-electron chi connectivity index (χ2n) is 6.22. The van der Waals surface area contributed by atoms with Crippen molar-refractivity contribution in [2.24, 2.45) is 11.8 Å². The topological polar surface area (TPSA) is 57.2 Å². The van der Waals surface area contributed by atoms with E-state index in [2.05, 4.69) is 0 Å². The Kier molecular flexibility index (Phi) is 3.60. The van der Waals surface area contributed by atoms with Gasteiger partial charge in [-0.2, -0.15) is 0 Å². The number of aliphatic hydroxyl groups is 1. The van der Waals surface area contributed by atoms with E-state index < -0.39 is 17.7 Å². The molecule has 1 saturated carbocycles. The van der Waals surface area contributed by atoms with Crippen LogP contribution in [0.3, 0.4) is 0 Å². The molecule has 0 radical (unpaired) electrons. The van der Waals surface area contributed by atoms with Crippen LogP contribution >= 0.6 is 0 Å². The molecule has 3 aliphatic heterocycles. The van der Waals surface area contributed by atoms with Gasteiger partial charge in [0.15, 0.2) is 11.9 Å². The van der Waals surface area contributed by atoms with Crippen LogP contribution in [0.1, 0.15) is 45.4 Å². The minimum atomic E-state index is -0.701. The van der Waals surface area contributed by atoms with Crippen molar-refractivity contribution >= 4 is 0 Å². The minimum absolute atomic E-state index is 0.163. The molecule has 3 heterocycles. The summed E-state index contributed by atoms with van der Waals surface area (Å²) in [7, 11) is 1.66. The molecule has 4 aliphatic rings. The predicted octanol–water partition coefficient (Wildman–Crippen LogP) is 1.98. The van der Waals surface area contributed by atoms with Gasteiger partial charge in [-0.15, -0.1) is 0 Å². The molecule has 110 valence electrons. The molecular formula is C14H24O5. The van der Waals surface area contributed by atoms with E-state index in [0.717, 1.165) is 25.7 Å². The summed E-state index contributed by atoms with van der Waals surface area (Å²) in [6.07, 6.45) is 5.47. The molecule has 4 fully saturated rings. The first-order chi connectivity index (χ1) is 9.14. The van der Waals surface area contributed by atoms with Crippen LogP contribution in [0.4, 0.5) is 0 Å². The van der Waals surface area contributed by atoms with E-state index in [1.807, 2.05) is 6.92 Å². The first kappa shape index (κ1) is 13.8. The van der Waals surface area contributed by atoms with Crippen LogP contribution in [0.15, 0.2) is 0 Å². The molecule has 1 aliphatic carbocycles. The normalized spacial score (nSPS) is 49.7. The Hall–Kier alpha value is -0.200. The third-order valence-electron chi connectivity index (χ3n) is 5.11. The van der Waals surface area contributed by atoms with Gasteiger partial charge in [-0.25, -0.2) is 9.78 Å². The van der Waals surface area contributed by atoms with Crippen molar-refractivity contribution in [3.05, 3.63) is 0 Å². The molecule has 5 heteroatoms. The van der Waals surface area contributed by atoms with Crippen LogP contribution in [0.25, 0.3) is 0 Å². The van der Waals surface area contributed by atoms with E-state index in [-0.39, 0.29) is 12.5 Å². The summed E-state index contributed by atoms with van der Waals surface area (Å²) in [4.78, 5) is 11.5. The van der Waals surface area contributed by atoms with E-state index in [9.17, 15) is 5.11 Å². The maximum atomic E-state index is 9.33. The van der Waals surface area contributed by atoms with Gasteiger partial charge in [0.05, 0.1) is 0 Å². The van der Waals surface area contributed by atoms with E-state index in [1.165, 1.54) is 6.42 Å². The molecule has 0 aromatic heterocycles. The van der Waals surface area contributed by atoms with Crippen LogP contribution in [0.2, 0.25) is 0 Å². The molecule has 5 nitrogen and oxygen atoms in total. The number of ether oxygens (including phenoxy) is 2. The van der Waals surface area contributed by atoms with Gasteiger partial charge in [0, 0.05) is 20.1 Å². The zero-order valence-electron chi connectivity index (χ0n) is 11.8. The molecule has 5 atom stereocenters. The Balaban J connectivity index is 1.97. The minimum Gasteiger partial charge on any atom is -0.396 e. The zero-order chi connectivity index (χ0) is 13.5. The Bertz CT molecular complexity index is 325. The lowest BCUT2D eigenvalue weighted by atomic mass is 9.65. The second kappa shape index (κ2) is 4.97. The van der Waals surface area contributed by atoms with Crippen LogP contribution in [-0.4, -0.2) is 36.5 Å². The molecule has 1 spiro atoms. The van der Waals surface area contributed by atoms with Crippen LogP contribution in [0, 0.1) is 11.8 Å². The zero-order valence-corrected chi connectivity index (χ0v) is 11.8. The summed E-state index contributed by atoms with van der Waals surface area (Å²) in [5.41, 5.74) is -0.550. The fraction of sp³-hybridized carbons (Fsp3) is 1.00. The molecule has 4 rings (SSSR count). The summed E-state index contributed by atoms with van der Waals surface area (Å²) in [5.74, 6) is -0.0940. The predicted molar refractivity (Wildman–Crippen MR) is 67.0 cm³/mol. The van der Waals surface area contributed by atoms with Crippen molar-refractivity contribution in [3.8, 4) is 0 Å². The molecule has 1 N–H and O–H groups in total. The molecule has 0 amide bonds. The fourth-order valence-electron chi connectivity index (χ4n) is 4.12. The van der Waals surface area contributed by atoms with Gasteiger partial charge in [-0.1, -0.05) is 6.42 Å². The van der Waals surface area contributed by atoms with Crippen LogP contribution in [0.5, 0.6) is 0 Å². The van der Waals surface area contributed by atoms with E-state index in [4.69, 9.17) is 19.2 Å². The molecule has 0 unspecified atom stereocenters. The summed E-state index contributed by atoms with van der Waals surface area (Å²) >= 11 is 0. The second-order valence-corrected chi connectivity index (χ2v) is 6.22. The van der Waals surface area contributed by atoms with Gasteiger partial charge in [-0.3, -0.25) is 0 Å². The average molecular weight is 272 g/mol. The largest absolute Gasteiger partial charge is 0.396 e. The first-order valence-electron chi connectivity index (χ1n) is 7.33. The summed E-state index contributed by atoms with van der Waals surface area (Å²) in [6.45, 7) is 2.07. The number of rotatable bonds is 3. The Morgan fingerprint density at radius 3 is 2.84 bits per heavy atom. The van der Waals surface area contributed by atoms with Crippen molar-refractivity contribution in [3.63, 3.8) is 0 Å². The van der Waals surface area contributed by atoms with Gasteiger partial charge >= 0.3 is 0 Å². The Labute approximate surface area is 114 Å². The molecular weight excluding hydrogens is 248 g/mol. The summed E-state index contributed by atoms with van der Waals surface area (Å²) < 4.78 is 11.6.